The third-order valence-corrected chi connectivity index (χ3v) is 7.19. The number of allylic oxidation sites excluding steroid dienone is 1. The summed E-state index contributed by atoms with van der Waals surface area (Å²) < 4.78 is 86.0. The van der Waals surface area contributed by atoms with E-state index in [1.165, 1.54) is 18.3 Å². The Morgan fingerprint density at radius 1 is 1.05 bits per heavy atom. The zero-order chi connectivity index (χ0) is 27.4. The molecule has 3 aromatic rings. The van der Waals surface area contributed by atoms with Crippen LogP contribution >= 0.6 is 11.8 Å². The maximum atomic E-state index is 13.9. The van der Waals surface area contributed by atoms with E-state index < -0.39 is 58.6 Å². The van der Waals surface area contributed by atoms with Crippen molar-refractivity contribution in [1.82, 2.24) is 15.1 Å². The average Bonchev–Trinajstić information content (AvgIpc) is 3.54. The minimum absolute atomic E-state index is 0.00517. The summed E-state index contributed by atoms with van der Waals surface area (Å²) in [7, 11) is 0. The van der Waals surface area contributed by atoms with Gasteiger partial charge in [0, 0.05) is 11.8 Å². The molecule has 1 N–H and O–H groups in total. The van der Waals surface area contributed by atoms with E-state index in [4.69, 9.17) is 4.74 Å². The van der Waals surface area contributed by atoms with Gasteiger partial charge < -0.3 is 4.74 Å². The lowest BCUT2D eigenvalue weighted by atomic mass is 9.92. The Balaban J connectivity index is 1.66. The molecular weight excluding hydrogens is 540 g/mol. The summed E-state index contributed by atoms with van der Waals surface area (Å²) in [5, 5.41) is 6.33. The number of ether oxygens (including phenoxy) is 1. The molecule has 0 spiro atoms. The molecule has 1 unspecified atom stereocenters. The first-order chi connectivity index (χ1) is 17.8. The van der Waals surface area contributed by atoms with Crippen LogP contribution < -0.4 is 0 Å². The molecule has 1 atom stereocenters. The number of nitrogens with one attached hydrogen (secondary N) is 1. The van der Waals surface area contributed by atoms with Gasteiger partial charge in [0.1, 0.15) is 6.04 Å². The van der Waals surface area contributed by atoms with Crippen LogP contribution in [0.3, 0.4) is 0 Å². The van der Waals surface area contributed by atoms with Crippen LogP contribution in [0.2, 0.25) is 0 Å². The zero-order valence-corrected chi connectivity index (χ0v) is 19.8. The Morgan fingerprint density at radius 3 is 2.47 bits per heavy atom. The number of hydrogen-bond donors (Lipinski definition) is 1. The number of esters is 1. The van der Waals surface area contributed by atoms with Crippen LogP contribution in [0.25, 0.3) is 16.5 Å². The Kier molecular flexibility index (Phi) is 6.24. The second-order valence-corrected chi connectivity index (χ2v) is 9.50. The first-order valence-electron chi connectivity index (χ1n) is 11.0. The topological polar surface area (TPSA) is 92.4 Å². The Hall–Kier alpha value is -3.81. The minimum atomic E-state index is -5.14. The van der Waals surface area contributed by atoms with Gasteiger partial charge in [-0.2, -0.15) is 31.4 Å². The van der Waals surface area contributed by atoms with Crippen molar-refractivity contribution in [3.05, 3.63) is 69.8 Å². The summed E-state index contributed by atoms with van der Waals surface area (Å²) in [6, 6.07) is 4.67. The highest BCUT2D eigenvalue weighted by molar-refractivity contribution is 8.18. The van der Waals surface area contributed by atoms with Gasteiger partial charge in [0.15, 0.2) is 0 Å². The molecule has 0 radical (unpaired) electrons. The number of fused-ring (bicyclic) bond motifs is 1. The number of hydrogen-bond acceptors (Lipinski definition) is 6. The number of aromatic amines is 1. The molecular formula is C24H15F6N3O4S. The molecule has 0 bridgehead atoms. The van der Waals surface area contributed by atoms with E-state index in [0.717, 1.165) is 0 Å². The highest BCUT2D eigenvalue weighted by atomic mass is 32.2. The molecule has 7 nitrogen and oxygen atoms in total. The molecule has 3 heterocycles. The quantitative estimate of drug-likeness (QED) is 0.257. The van der Waals surface area contributed by atoms with Crippen LogP contribution in [0.5, 0.6) is 0 Å². The van der Waals surface area contributed by atoms with Crippen molar-refractivity contribution in [3.8, 4) is 0 Å². The van der Waals surface area contributed by atoms with Crippen molar-refractivity contribution < 1.29 is 45.5 Å². The number of thioether (sulfide) groups is 1. The van der Waals surface area contributed by atoms with Crippen LogP contribution in [0.4, 0.5) is 31.1 Å². The van der Waals surface area contributed by atoms with Gasteiger partial charge in [0.05, 0.1) is 34.4 Å². The summed E-state index contributed by atoms with van der Waals surface area (Å²) in [5.41, 5.74) is -2.70. The van der Waals surface area contributed by atoms with Crippen molar-refractivity contribution in [2.45, 2.75) is 31.2 Å². The SMILES string of the molecule is O=C1OCCC1N1C(=O)S/C(=C(/Cc2ccc(C(F)(F)F)cc2C(F)(F)F)c2ccc3[nH]ncc3c2)C1=O. The largest absolute Gasteiger partial charge is 0.464 e. The van der Waals surface area contributed by atoms with E-state index in [0.29, 0.717) is 39.7 Å². The summed E-state index contributed by atoms with van der Waals surface area (Å²) in [5.74, 6) is -1.68. The zero-order valence-electron chi connectivity index (χ0n) is 18.9. The van der Waals surface area contributed by atoms with Crippen molar-refractivity contribution in [3.63, 3.8) is 0 Å². The number of carbonyl (C=O) groups is 3. The molecule has 5 rings (SSSR count). The molecule has 2 aliphatic rings. The molecule has 2 aromatic carbocycles. The van der Waals surface area contributed by atoms with Crippen LogP contribution in [0, 0.1) is 0 Å². The first-order valence-corrected chi connectivity index (χ1v) is 11.8. The van der Waals surface area contributed by atoms with Gasteiger partial charge in [-0.05, 0) is 59.1 Å². The maximum absolute atomic E-state index is 13.9. The standard InChI is InChI=1S/C24H15F6N3O4S/c25-23(26,27)14-3-1-12(16(9-14)24(28,29)30)8-15(11-2-4-17-13(7-11)10-31-32-17)19-20(34)33(22(36)38-19)18-5-6-37-21(18)35/h1-4,7,9-10,18H,5-6,8H2,(H,31,32)/b19-15-. The minimum Gasteiger partial charge on any atom is -0.464 e. The van der Waals surface area contributed by atoms with E-state index in [1.54, 1.807) is 6.07 Å². The van der Waals surface area contributed by atoms with Gasteiger partial charge in [-0.3, -0.25) is 19.6 Å². The third-order valence-electron chi connectivity index (χ3n) is 6.19. The van der Waals surface area contributed by atoms with Gasteiger partial charge >= 0.3 is 18.3 Å². The number of alkyl halides is 6. The number of imide groups is 1. The van der Waals surface area contributed by atoms with Crippen LogP contribution in [-0.4, -0.2) is 44.9 Å². The number of aromatic nitrogens is 2. The highest BCUT2D eigenvalue weighted by Gasteiger charge is 2.47. The number of amides is 2. The number of rotatable bonds is 4. The lowest BCUT2D eigenvalue weighted by molar-refractivity contribution is -0.144. The predicted molar refractivity (Wildman–Crippen MR) is 122 cm³/mol. The van der Waals surface area contributed by atoms with Gasteiger partial charge in [-0.15, -0.1) is 0 Å². The summed E-state index contributed by atoms with van der Waals surface area (Å²) in [6.45, 7) is -0.00517. The second-order valence-electron chi connectivity index (χ2n) is 8.54. The summed E-state index contributed by atoms with van der Waals surface area (Å²) >= 11 is 0.446. The summed E-state index contributed by atoms with van der Waals surface area (Å²) in [4.78, 5) is 38.7. The smallest absolute Gasteiger partial charge is 0.416 e. The number of benzene rings is 2. The maximum Gasteiger partial charge on any atom is 0.416 e. The molecule has 2 aliphatic heterocycles. The fourth-order valence-electron chi connectivity index (χ4n) is 4.36. The van der Waals surface area contributed by atoms with E-state index in [2.05, 4.69) is 10.2 Å². The third kappa shape index (κ3) is 4.64. The van der Waals surface area contributed by atoms with Gasteiger partial charge in [0.25, 0.3) is 11.1 Å². The molecule has 198 valence electrons. The van der Waals surface area contributed by atoms with Crippen LogP contribution in [0.1, 0.15) is 28.7 Å². The molecule has 2 amide bonds. The second kappa shape index (κ2) is 9.19. The van der Waals surface area contributed by atoms with Gasteiger partial charge in [-0.1, -0.05) is 12.1 Å². The van der Waals surface area contributed by atoms with Crippen molar-refractivity contribution >= 4 is 45.4 Å². The van der Waals surface area contributed by atoms with E-state index in [-0.39, 0.29) is 35.1 Å². The number of carbonyl (C=O) groups excluding carboxylic acids is 3. The van der Waals surface area contributed by atoms with Gasteiger partial charge in [0.2, 0.25) is 0 Å². The predicted octanol–water partition coefficient (Wildman–Crippen LogP) is 5.57. The van der Waals surface area contributed by atoms with E-state index in [1.807, 2.05) is 0 Å². The number of cyclic esters (lactones) is 1. The fourth-order valence-corrected chi connectivity index (χ4v) is 5.34. The number of halogens is 6. The van der Waals surface area contributed by atoms with E-state index in [9.17, 15) is 40.7 Å². The van der Waals surface area contributed by atoms with Crippen molar-refractivity contribution in [2.75, 3.05) is 6.61 Å². The average molecular weight is 555 g/mol. The molecule has 0 aliphatic carbocycles. The van der Waals surface area contributed by atoms with Crippen LogP contribution in [0.15, 0.2) is 47.5 Å². The number of nitrogens with zero attached hydrogens (tertiary/aromatic N) is 2. The molecule has 0 saturated carbocycles. The van der Waals surface area contributed by atoms with Crippen molar-refractivity contribution in [1.29, 1.82) is 0 Å². The highest BCUT2D eigenvalue weighted by Crippen LogP contribution is 2.43. The lowest BCUT2D eigenvalue weighted by Crippen LogP contribution is -2.41. The van der Waals surface area contributed by atoms with Crippen LogP contribution in [-0.2, 0) is 33.1 Å². The molecule has 2 saturated heterocycles. The van der Waals surface area contributed by atoms with Crippen molar-refractivity contribution in [2.24, 2.45) is 0 Å². The Bertz CT molecular complexity index is 1510. The molecule has 14 heteroatoms. The Morgan fingerprint density at radius 2 is 1.82 bits per heavy atom. The van der Waals surface area contributed by atoms with Gasteiger partial charge in [-0.25, -0.2) is 4.79 Å². The molecule has 38 heavy (non-hydrogen) atoms. The lowest BCUT2D eigenvalue weighted by Gasteiger charge is -2.19. The molecule has 1 aromatic heterocycles. The Labute approximate surface area is 213 Å². The first kappa shape index (κ1) is 25.8. The normalized spacial score (nSPS) is 20.0. The monoisotopic (exact) mass is 555 g/mol. The fraction of sp³-hybridized carbons (Fsp3) is 0.250. The summed E-state index contributed by atoms with van der Waals surface area (Å²) in [6.07, 6.45) is -9.26. The molecule has 2 fully saturated rings. The van der Waals surface area contributed by atoms with E-state index >= 15 is 0 Å². The number of H-pyrrole nitrogens is 1.